The molecule has 2 N–H and O–H groups in total. The predicted molar refractivity (Wildman–Crippen MR) is 98.5 cm³/mol. The van der Waals surface area contributed by atoms with Crippen LogP contribution in [0.3, 0.4) is 0 Å². The van der Waals surface area contributed by atoms with E-state index in [1.54, 1.807) is 6.92 Å². The Kier molecular flexibility index (Phi) is 4.53. The molecule has 26 heavy (non-hydrogen) atoms. The highest BCUT2D eigenvalue weighted by Crippen LogP contribution is 2.31. The standard InChI is InChI=1S/C19H25N5O2/c1-13(25)23-10-4-5-15(12-23)24(14-8-9-14)19(26)20-11-18-21-16-6-2-3-7-17(16)22-18/h2-3,6-7,14-15H,4-5,8-12H2,1H3,(H,20,26)(H,21,22). The first-order valence-electron chi connectivity index (χ1n) is 9.37. The molecule has 2 aromatic rings. The normalized spacial score (nSPS) is 20.2. The van der Waals surface area contributed by atoms with Crippen LogP contribution in [0.1, 0.15) is 38.4 Å². The number of nitrogens with one attached hydrogen (secondary N) is 2. The SMILES string of the molecule is CC(=O)N1CCCC(N(C(=O)NCc2nc3ccccc3[nH]2)C2CC2)C1. The molecule has 1 saturated carbocycles. The number of benzene rings is 1. The Morgan fingerprint density at radius 1 is 1.27 bits per heavy atom. The van der Waals surface area contributed by atoms with E-state index >= 15 is 0 Å². The van der Waals surface area contributed by atoms with E-state index in [1.165, 1.54) is 0 Å². The fraction of sp³-hybridized carbons (Fsp3) is 0.526. The van der Waals surface area contributed by atoms with Crippen LogP contribution in [0, 0.1) is 0 Å². The molecule has 2 fully saturated rings. The highest BCUT2D eigenvalue weighted by Gasteiger charge is 2.39. The van der Waals surface area contributed by atoms with Crippen molar-refractivity contribution in [3.05, 3.63) is 30.1 Å². The molecular formula is C19H25N5O2. The number of amides is 3. The lowest BCUT2D eigenvalue weighted by atomic mass is 10.0. The third kappa shape index (κ3) is 3.52. The van der Waals surface area contributed by atoms with Gasteiger partial charge in [-0.1, -0.05) is 12.1 Å². The minimum Gasteiger partial charge on any atom is -0.341 e. The molecular weight excluding hydrogens is 330 g/mol. The van der Waals surface area contributed by atoms with Gasteiger partial charge in [-0.05, 0) is 37.8 Å². The van der Waals surface area contributed by atoms with E-state index in [0.717, 1.165) is 49.1 Å². The van der Waals surface area contributed by atoms with Crippen molar-refractivity contribution in [2.75, 3.05) is 13.1 Å². The van der Waals surface area contributed by atoms with E-state index in [0.29, 0.717) is 19.1 Å². The molecule has 1 saturated heterocycles. The van der Waals surface area contributed by atoms with Crippen molar-refractivity contribution < 1.29 is 9.59 Å². The predicted octanol–water partition coefficient (Wildman–Crippen LogP) is 2.25. The van der Waals surface area contributed by atoms with Crippen LogP contribution in [-0.2, 0) is 11.3 Å². The smallest absolute Gasteiger partial charge is 0.318 e. The van der Waals surface area contributed by atoms with Crippen LogP contribution >= 0.6 is 0 Å². The third-order valence-corrected chi connectivity index (χ3v) is 5.26. The van der Waals surface area contributed by atoms with Crippen molar-refractivity contribution in [3.8, 4) is 0 Å². The molecule has 1 aliphatic carbocycles. The van der Waals surface area contributed by atoms with Crippen molar-refractivity contribution in [1.29, 1.82) is 0 Å². The van der Waals surface area contributed by atoms with E-state index in [1.807, 2.05) is 34.1 Å². The number of fused-ring (bicyclic) bond motifs is 1. The summed E-state index contributed by atoms with van der Waals surface area (Å²) in [6.07, 6.45) is 4.01. The van der Waals surface area contributed by atoms with E-state index in [9.17, 15) is 9.59 Å². The van der Waals surface area contributed by atoms with Gasteiger partial charge >= 0.3 is 6.03 Å². The van der Waals surface area contributed by atoms with Crippen molar-refractivity contribution in [1.82, 2.24) is 25.1 Å². The molecule has 0 bridgehead atoms. The van der Waals surface area contributed by atoms with Crippen molar-refractivity contribution in [2.45, 2.75) is 51.2 Å². The van der Waals surface area contributed by atoms with Gasteiger partial charge in [0.15, 0.2) is 0 Å². The number of para-hydroxylation sites is 2. The number of likely N-dealkylation sites (tertiary alicyclic amines) is 1. The number of hydrogen-bond donors (Lipinski definition) is 2. The van der Waals surface area contributed by atoms with Crippen molar-refractivity contribution in [3.63, 3.8) is 0 Å². The van der Waals surface area contributed by atoms with Crippen LogP contribution in [0.5, 0.6) is 0 Å². The molecule has 4 rings (SSSR count). The summed E-state index contributed by atoms with van der Waals surface area (Å²) < 4.78 is 0. The van der Waals surface area contributed by atoms with E-state index in [4.69, 9.17) is 0 Å². The van der Waals surface area contributed by atoms with Gasteiger partial charge in [-0.3, -0.25) is 4.79 Å². The van der Waals surface area contributed by atoms with Crippen LogP contribution < -0.4 is 5.32 Å². The molecule has 3 amide bonds. The fourth-order valence-corrected chi connectivity index (χ4v) is 3.79. The molecule has 7 heteroatoms. The first-order chi connectivity index (χ1) is 12.6. The second-order valence-electron chi connectivity index (χ2n) is 7.26. The first-order valence-corrected chi connectivity index (χ1v) is 9.37. The topological polar surface area (TPSA) is 81.3 Å². The summed E-state index contributed by atoms with van der Waals surface area (Å²) in [5, 5.41) is 3.01. The summed E-state index contributed by atoms with van der Waals surface area (Å²) in [4.78, 5) is 36.1. The summed E-state index contributed by atoms with van der Waals surface area (Å²) in [5.74, 6) is 0.845. The van der Waals surface area contributed by atoms with Gasteiger partial charge in [0.1, 0.15) is 5.82 Å². The number of imidazole rings is 1. The number of carbonyl (C=O) groups is 2. The van der Waals surface area contributed by atoms with Gasteiger partial charge in [0.2, 0.25) is 5.91 Å². The third-order valence-electron chi connectivity index (χ3n) is 5.26. The minimum absolute atomic E-state index is 0.0524. The van der Waals surface area contributed by atoms with Crippen LogP contribution in [0.2, 0.25) is 0 Å². The summed E-state index contributed by atoms with van der Waals surface area (Å²) in [5.41, 5.74) is 1.88. The lowest BCUT2D eigenvalue weighted by Crippen LogP contribution is -2.54. The second-order valence-corrected chi connectivity index (χ2v) is 7.26. The highest BCUT2D eigenvalue weighted by atomic mass is 16.2. The Morgan fingerprint density at radius 2 is 2.08 bits per heavy atom. The van der Waals surface area contributed by atoms with Crippen molar-refractivity contribution >= 4 is 23.0 Å². The molecule has 1 atom stereocenters. The highest BCUT2D eigenvalue weighted by molar-refractivity contribution is 5.77. The van der Waals surface area contributed by atoms with E-state index in [-0.39, 0.29) is 18.0 Å². The second kappa shape index (κ2) is 6.97. The van der Waals surface area contributed by atoms with Gasteiger partial charge in [0.05, 0.1) is 23.6 Å². The molecule has 2 heterocycles. The number of rotatable bonds is 4. The zero-order valence-corrected chi connectivity index (χ0v) is 15.1. The minimum atomic E-state index is -0.0524. The first kappa shape index (κ1) is 16.9. The molecule has 1 aromatic heterocycles. The number of hydrogen-bond acceptors (Lipinski definition) is 3. The molecule has 1 aromatic carbocycles. The lowest BCUT2D eigenvalue weighted by molar-refractivity contribution is -0.130. The Hall–Kier alpha value is -2.57. The Morgan fingerprint density at radius 3 is 2.81 bits per heavy atom. The van der Waals surface area contributed by atoms with E-state index < -0.39 is 0 Å². The summed E-state index contributed by atoms with van der Waals surface area (Å²) in [6.45, 7) is 3.42. The average molecular weight is 355 g/mol. The number of urea groups is 1. The zero-order chi connectivity index (χ0) is 18.1. The maximum absolute atomic E-state index is 12.9. The molecule has 0 radical (unpaired) electrons. The van der Waals surface area contributed by atoms with Crippen LogP contribution in [-0.4, -0.2) is 56.9 Å². The average Bonchev–Trinajstić information content (AvgIpc) is 3.38. The number of nitrogens with zero attached hydrogens (tertiary/aromatic N) is 3. The largest absolute Gasteiger partial charge is 0.341 e. The van der Waals surface area contributed by atoms with Gasteiger partial charge in [0, 0.05) is 26.1 Å². The molecule has 2 aliphatic rings. The van der Waals surface area contributed by atoms with Crippen LogP contribution in [0.25, 0.3) is 11.0 Å². The van der Waals surface area contributed by atoms with Gasteiger partial charge in [0.25, 0.3) is 0 Å². The molecule has 138 valence electrons. The van der Waals surface area contributed by atoms with Crippen LogP contribution in [0.4, 0.5) is 4.79 Å². The Labute approximate surface area is 152 Å². The summed E-state index contributed by atoms with van der Waals surface area (Å²) in [6, 6.07) is 8.20. The number of carbonyl (C=O) groups excluding carboxylic acids is 2. The lowest BCUT2D eigenvalue weighted by Gasteiger charge is -2.39. The van der Waals surface area contributed by atoms with E-state index in [2.05, 4.69) is 15.3 Å². The Bertz CT molecular complexity index is 780. The number of piperidine rings is 1. The number of aromatic nitrogens is 2. The maximum atomic E-state index is 12.9. The van der Waals surface area contributed by atoms with Gasteiger partial charge in [-0.15, -0.1) is 0 Å². The molecule has 0 spiro atoms. The quantitative estimate of drug-likeness (QED) is 0.883. The zero-order valence-electron chi connectivity index (χ0n) is 15.1. The number of H-pyrrole nitrogens is 1. The Balaban J connectivity index is 1.41. The van der Waals surface area contributed by atoms with Gasteiger partial charge in [-0.2, -0.15) is 0 Å². The fourth-order valence-electron chi connectivity index (χ4n) is 3.79. The maximum Gasteiger partial charge on any atom is 0.318 e. The van der Waals surface area contributed by atoms with Gasteiger partial charge in [-0.25, -0.2) is 9.78 Å². The summed E-state index contributed by atoms with van der Waals surface area (Å²) in [7, 11) is 0. The van der Waals surface area contributed by atoms with Crippen molar-refractivity contribution in [2.24, 2.45) is 0 Å². The molecule has 1 unspecified atom stereocenters. The molecule has 7 nitrogen and oxygen atoms in total. The van der Waals surface area contributed by atoms with Crippen LogP contribution in [0.15, 0.2) is 24.3 Å². The number of aromatic amines is 1. The van der Waals surface area contributed by atoms with Gasteiger partial charge < -0.3 is 20.1 Å². The monoisotopic (exact) mass is 355 g/mol. The summed E-state index contributed by atoms with van der Waals surface area (Å²) >= 11 is 0. The molecule has 1 aliphatic heterocycles.